The van der Waals surface area contributed by atoms with Crippen molar-refractivity contribution in [2.75, 3.05) is 13.2 Å². The summed E-state index contributed by atoms with van der Waals surface area (Å²) >= 11 is 0. The van der Waals surface area contributed by atoms with Gasteiger partial charge in [-0.3, -0.25) is 23.2 Å². The maximum atomic E-state index is 13.0. The van der Waals surface area contributed by atoms with Gasteiger partial charge in [-0.15, -0.1) is 0 Å². The molecule has 0 spiro atoms. The number of phosphoric ester groups is 2. The number of unbranched alkanes of at least 4 members (excludes halogenated alkanes) is 13. The van der Waals surface area contributed by atoms with Crippen LogP contribution in [0.4, 0.5) is 0 Å². The molecular weight excluding hydrogens is 975 g/mol. The second kappa shape index (κ2) is 41.4. The Morgan fingerprint density at radius 2 is 1.01 bits per heavy atom. The van der Waals surface area contributed by atoms with Crippen LogP contribution in [0.15, 0.2) is 85.1 Å². The third-order valence-corrected chi connectivity index (χ3v) is 12.9. The van der Waals surface area contributed by atoms with Crippen LogP contribution in [0, 0.1) is 0 Å². The topological polar surface area (TPSA) is 296 Å². The summed E-state index contributed by atoms with van der Waals surface area (Å²) in [7, 11) is -10.8. The molecule has 0 aromatic heterocycles. The van der Waals surface area contributed by atoms with Crippen LogP contribution in [0.25, 0.3) is 0 Å². The van der Waals surface area contributed by atoms with Gasteiger partial charge in [-0.2, -0.15) is 0 Å². The fraction of sp³-hybridized carbons (Fsp3) is 0.692. The molecule has 1 aliphatic carbocycles. The lowest BCUT2D eigenvalue weighted by atomic mass is 9.85. The van der Waals surface area contributed by atoms with Gasteiger partial charge in [0.2, 0.25) is 0 Å². The molecule has 0 aliphatic heterocycles. The molecule has 0 saturated heterocycles. The molecule has 10 atom stereocenters. The van der Waals surface area contributed by atoms with Crippen molar-refractivity contribution in [3.05, 3.63) is 85.1 Å². The van der Waals surface area contributed by atoms with Crippen LogP contribution < -0.4 is 0 Å². The van der Waals surface area contributed by atoms with Crippen LogP contribution in [0.5, 0.6) is 0 Å². The SMILES string of the molecule is CCCCC/C=C\C[C@@H](O)/C=C/C=C/C=C\[C@@H](O)CCCC(=O)OC[C@H](COP(=O)(O)O[C@H]1C(O)C(O)C(O)[C@@H](OP(=O)(O)O)C1O)OC(=O)CCCCCCCC/C=C\C/C=C\C/C=C\CCCCCC. The normalized spacial score (nSPS) is 22.3. The van der Waals surface area contributed by atoms with Crippen LogP contribution in [0.3, 0.4) is 0 Å². The summed E-state index contributed by atoms with van der Waals surface area (Å²) in [5.41, 5.74) is 0. The smallest absolute Gasteiger partial charge is 0.462 e. The Morgan fingerprint density at radius 3 is 1.61 bits per heavy atom. The first kappa shape index (κ1) is 67.1. The van der Waals surface area contributed by atoms with E-state index in [0.29, 0.717) is 12.8 Å². The van der Waals surface area contributed by atoms with Crippen LogP contribution in [-0.2, 0) is 41.8 Å². The Bertz CT molecular complexity index is 1740. The van der Waals surface area contributed by atoms with Gasteiger partial charge in [0.15, 0.2) is 6.10 Å². The Hall–Kier alpha value is -2.90. The molecule has 1 fully saturated rings. The lowest BCUT2D eigenvalue weighted by Gasteiger charge is -2.43. The average Bonchev–Trinajstić information content (AvgIpc) is 3.33. The first-order chi connectivity index (χ1) is 34.4. The van der Waals surface area contributed by atoms with Gasteiger partial charge < -0.3 is 54.8 Å². The summed E-state index contributed by atoms with van der Waals surface area (Å²) in [5, 5.41) is 61.7. The number of phosphoric acid groups is 2. The summed E-state index contributed by atoms with van der Waals surface area (Å²) < 4.78 is 49.3. The lowest BCUT2D eigenvalue weighted by molar-refractivity contribution is -0.216. The molecule has 9 N–H and O–H groups in total. The van der Waals surface area contributed by atoms with Gasteiger partial charge in [0.1, 0.15) is 43.2 Å². The van der Waals surface area contributed by atoms with Crippen molar-refractivity contribution >= 4 is 27.6 Å². The minimum atomic E-state index is -5.40. The minimum absolute atomic E-state index is 0.0277. The average molecular weight is 1060 g/mol. The molecule has 0 heterocycles. The Kier molecular flexibility index (Phi) is 38.6. The van der Waals surface area contributed by atoms with E-state index in [4.69, 9.17) is 18.5 Å². The van der Waals surface area contributed by atoms with E-state index in [1.165, 1.54) is 38.2 Å². The van der Waals surface area contributed by atoms with E-state index in [-0.39, 0.29) is 25.7 Å². The Labute approximate surface area is 428 Å². The second-order valence-electron chi connectivity index (χ2n) is 17.9. The first-order valence-corrected chi connectivity index (χ1v) is 28.9. The van der Waals surface area contributed by atoms with Crippen molar-refractivity contribution in [3.63, 3.8) is 0 Å². The largest absolute Gasteiger partial charge is 0.472 e. The number of carbonyl (C=O) groups excluding carboxylic acids is 2. The van der Waals surface area contributed by atoms with Gasteiger partial charge in [-0.1, -0.05) is 157 Å². The number of hydrogen-bond donors (Lipinski definition) is 9. The van der Waals surface area contributed by atoms with Crippen LogP contribution in [-0.4, -0.2) is 125 Å². The number of ether oxygens (including phenoxy) is 2. The fourth-order valence-corrected chi connectivity index (χ4v) is 8.82. The molecular formula is C52H88O18P2. The zero-order chi connectivity index (χ0) is 53.5. The summed E-state index contributed by atoms with van der Waals surface area (Å²) in [6.07, 6.45) is 29.9. The predicted octanol–water partition coefficient (Wildman–Crippen LogP) is 8.51. The minimum Gasteiger partial charge on any atom is -0.462 e. The third kappa shape index (κ3) is 35.3. The van der Waals surface area contributed by atoms with E-state index in [1.54, 1.807) is 30.4 Å². The first-order valence-electron chi connectivity index (χ1n) is 25.8. The van der Waals surface area contributed by atoms with E-state index >= 15 is 0 Å². The molecule has 5 unspecified atom stereocenters. The maximum absolute atomic E-state index is 13.0. The number of aliphatic hydroxyl groups is 6. The molecule has 0 aromatic carbocycles. The van der Waals surface area contributed by atoms with E-state index in [0.717, 1.165) is 77.0 Å². The van der Waals surface area contributed by atoms with Crippen molar-refractivity contribution in [1.29, 1.82) is 0 Å². The van der Waals surface area contributed by atoms with Gasteiger partial charge in [0.05, 0.1) is 18.8 Å². The molecule has 1 aliphatic rings. The highest BCUT2D eigenvalue weighted by Crippen LogP contribution is 2.49. The number of allylic oxidation sites excluding steroid dienone is 11. The van der Waals surface area contributed by atoms with E-state index in [1.807, 2.05) is 6.08 Å². The lowest BCUT2D eigenvalue weighted by Crippen LogP contribution is -2.64. The molecule has 20 heteroatoms. The standard InChI is InChI=1S/C52H88O18P2/c1-3-5-7-9-11-12-13-14-15-16-17-18-19-20-21-22-23-24-26-32-38-46(56)68-44(41-67-72(64,65)70-52-49(59)47(57)48(58)51(50(52)60)69-71(61,62)63)40-66-45(55)39-33-37-43(54)36-31-28-27-30-35-42(53)34-29-25-10-8-6-4-2/h12-13,15-16,18-19,25,27-31,35-36,42-44,47-54,57-60H,3-11,14,17,20-24,26,32-34,37-41H2,1-2H3,(H,64,65)(H2,61,62,63)/b13-12-,16-15-,19-18-,28-27+,29-25-,35-30+,36-31-/t42-,43-,44-,47?,48?,49?,50?,51-,52+/m1/s1. The predicted molar refractivity (Wildman–Crippen MR) is 276 cm³/mol. The maximum Gasteiger partial charge on any atom is 0.472 e. The highest BCUT2D eigenvalue weighted by molar-refractivity contribution is 7.47. The number of hydrogen-bond acceptors (Lipinski definition) is 15. The van der Waals surface area contributed by atoms with Crippen LogP contribution in [0.2, 0.25) is 0 Å². The van der Waals surface area contributed by atoms with Crippen LogP contribution >= 0.6 is 15.6 Å². The summed E-state index contributed by atoms with van der Waals surface area (Å²) in [4.78, 5) is 54.4. The third-order valence-electron chi connectivity index (χ3n) is 11.4. The molecule has 0 aromatic rings. The second-order valence-corrected chi connectivity index (χ2v) is 20.5. The number of carbonyl (C=O) groups is 2. The van der Waals surface area contributed by atoms with Gasteiger partial charge in [0.25, 0.3) is 0 Å². The summed E-state index contributed by atoms with van der Waals surface area (Å²) in [6, 6.07) is 0. The van der Waals surface area contributed by atoms with Crippen molar-refractivity contribution in [3.8, 4) is 0 Å². The van der Waals surface area contributed by atoms with Gasteiger partial charge in [-0.05, 0) is 77.0 Å². The van der Waals surface area contributed by atoms with Crippen molar-refractivity contribution in [2.45, 2.75) is 216 Å². The van der Waals surface area contributed by atoms with Crippen molar-refractivity contribution in [1.82, 2.24) is 0 Å². The van der Waals surface area contributed by atoms with Gasteiger partial charge >= 0.3 is 27.6 Å². The summed E-state index contributed by atoms with van der Waals surface area (Å²) in [5.74, 6) is -1.47. The van der Waals surface area contributed by atoms with E-state index in [9.17, 15) is 64.0 Å². The van der Waals surface area contributed by atoms with Gasteiger partial charge in [0, 0.05) is 12.8 Å². The Balaban J connectivity index is 2.67. The molecule has 414 valence electrons. The number of esters is 2. The number of rotatable bonds is 42. The summed E-state index contributed by atoms with van der Waals surface area (Å²) in [6.45, 7) is 2.82. The monoisotopic (exact) mass is 1060 g/mol. The quantitative estimate of drug-likeness (QED) is 0.00910. The molecule has 0 radical (unpaired) electrons. The zero-order valence-electron chi connectivity index (χ0n) is 42.6. The molecule has 1 rings (SSSR count). The molecule has 0 bridgehead atoms. The molecule has 1 saturated carbocycles. The van der Waals surface area contributed by atoms with Crippen molar-refractivity contribution < 1.29 is 87.1 Å². The highest BCUT2D eigenvalue weighted by Gasteiger charge is 2.54. The van der Waals surface area contributed by atoms with Crippen molar-refractivity contribution in [2.24, 2.45) is 0 Å². The molecule has 0 amide bonds. The van der Waals surface area contributed by atoms with E-state index < -0.39 is 95.7 Å². The molecule has 72 heavy (non-hydrogen) atoms. The number of aliphatic hydroxyl groups excluding tert-OH is 6. The van der Waals surface area contributed by atoms with E-state index in [2.05, 4.69) is 60.9 Å². The highest BCUT2D eigenvalue weighted by atomic mass is 31.2. The Morgan fingerprint density at radius 1 is 0.528 bits per heavy atom. The van der Waals surface area contributed by atoms with Crippen LogP contribution in [0.1, 0.15) is 162 Å². The fourth-order valence-electron chi connectivity index (χ4n) is 7.28. The molecule has 18 nitrogen and oxygen atoms in total. The zero-order valence-corrected chi connectivity index (χ0v) is 44.3. The van der Waals surface area contributed by atoms with Gasteiger partial charge in [-0.25, -0.2) is 9.13 Å².